The van der Waals surface area contributed by atoms with Crippen molar-refractivity contribution in [3.63, 3.8) is 0 Å². The molecule has 1 rings (SSSR count). The summed E-state index contributed by atoms with van der Waals surface area (Å²) >= 11 is 1.71. The van der Waals surface area contributed by atoms with Gasteiger partial charge < -0.3 is 4.79 Å². The van der Waals surface area contributed by atoms with Crippen molar-refractivity contribution in [1.82, 2.24) is 0 Å². The number of unbranched alkanes of at least 4 members (excludes halogenated alkanes) is 2. The van der Waals surface area contributed by atoms with E-state index < -0.39 is 0 Å². The van der Waals surface area contributed by atoms with Gasteiger partial charge in [-0.25, -0.2) is 0 Å². The lowest BCUT2D eigenvalue weighted by molar-refractivity contribution is -0.107. The van der Waals surface area contributed by atoms with Gasteiger partial charge in [-0.15, -0.1) is 0 Å². The van der Waals surface area contributed by atoms with Crippen LogP contribution in [0.4, 0.5) is 0 Å². The Morgan fingerprint density at radius 2 is 1.93 bits per heavy atom. The van der Waals surface area contributed by atoms with Gasteiger partial charge in [0.25, 0.3) is 0 Å². The van der Waals surface area contributed by atoms with Crippen molar-refractivity contribution < 1.29 is 4.79 Å². The van der Waals surface area contributed by atoms with E-state index in [-0.39, 0.29) is 0 Å². The third-order valence-electron chi connectivity index (χ3n) is 1.74. The van der Waals surface area contributed by atoms with Gasteiger partial charge in [0.15, 0.2) is 0 Å². The van der Waals surface area contributed by atoms with Crippen LogP contribution < -0.4 is 0 Å². The molecule has 1 aromatic rings. The van der Waals surface area contributed by atoms with Crippen LogP contribution in [0, 0.1) is 0 Å². The minimum absolute atomic E-state index is 0.667. The smallest absolute Gasteiger partial charge is 0.120 e. The van der Waals surface area contributed by atoms with Crippen LogP contribution in [0.25, 0.3) is 0 Å². The Morgan fingerprint density at radius 1 is 1.14 bits per heavy atom. The van der Waals surface area contributed by atoms with Crippen molar-refractivity contribution in [2.45, 2.75) is 24.2 Å². The van der Waals surface area contributed by atoms with Crippen molar-refractivity contribution in [2.24, 2.45) is 0 Å². The van der Waals surface area contributed by atoms with Crippen molar-refractivity contribution in [1.29, 1.82) is 0 Å². The number of aldehydes is 1. The topological polar surface area (TPSA) is 17.1 Å². The normalized spacial score (nSPS) is 10.6. The molecule has 0 aromatic heterocycles. The third kappa shape index (κ3) is 4.87. The van der Waals surface area contributed by atoms with Crippen LogP contribution in [0.15, 0.2) is 46.7 Å². The van der Waals surface area contributed by atoms with E-state index in [0.29, 0.717) is 6.42 Å². The third-order valence-corrected chi connectivity index (χ3v) is 2.61. The van der Waals surface area contributed by atoms with Gasteiger partial charge in [-0.2, -0.15) is 0 Å². The van der Waals surface area contributed by atoms with E-state index in [4.69, 9.17) is 0 Å². The standard InChI is InChI=1S/C12H14OS/c13-10-6-1-2-7-11-14-12-8-4-3-5-9-12/h3-5,7-11H,1-2,6H2/b11-7-. The summed E-state index contributed by atoms with van der Waals surface area (Å²) in [4.78, 5) is 11.3. The number of hydrogen-bond acceptors (Lipinski definition) is 2. The molecule has 0 radical (unpaired) electrons. The minimum Gasteiger partial charge on any atom is -0.303 e. The van der Waals surface area contributed by atoms with Crippen LogP contribution in [0.3, 0.4) is 0 Å². The molecule has 0 saturated carbocycles. The zero-order valence-corrected chi connectivity index (χ0v) is 8.87. The number of carbonyl (C=O) groups excluding carboxylic acids is 1. The van der Waals surface area contributed by atoms with E-state index >= 15 is 0 Å². The molecule has 0 saturated heterocycles. The number of benzene rings is 1. The number of rotatable bonds is 6. The molecule has 14 heavy (non-hydrogen) atoms. The predicted molar refractivity (Wildman–Crippen MR) is 61.4 cm³/mol. The average Bonchev–Trinajstić information content (AvgIpc) is 2.25. The molecule has 0 aliphatic carbocycles. The molecule has 0 unspecified atom stereocenters. The van der Waals surface area contributed by atoms with Gasteiger partial charge >= 0.3 is 0 Å². The molecule has 0 heterocycles. The highest BCUT2D eigenvalue weighted by Crippen LogP contribution is 2.18. The molecule has 0 spiro atoms. The lowest BCUT2D eigenvalue weighted by Crippen LogP contribution is -1.73. The molecular weight excluding hydrogens is 192 g/mol. The van der Waals surface area contributed by atoms with Gasteiger partial charge in [0.2, 0.25) is 0 Å². The molecule has 0 fully saturated rings. The van der Waals surface area contributed by atoms with E-state index in [2.05, 4.69) is 23.6 Å². The van der Waals surface area contributed by atoms with Crippen LogP contribution in [0.2, 0.25) is 0 Å². The van der Waals surface area contributed by atoms with E-state index in [0.717, 1.165) is 19.1 Å². The quantitative estimate of drug-likeness (QED) is 0.401. The fourth-order valence-electron chi connectivity index (χ4n) is 1.01. The van der Waals surface area contributed by atoms with Gasteiger partial charge in [-0.1, -0.05) is 36.0 Å². The number of allylic oxidation sites excluding steroid dienone is 1. The van der Waals surface area contributed by atoms with Crippen LogP contribution in [-0.4, -0.2) is 6.29 Å². The van der Waals surface area contributed by atoms with Gasteiger partial charge in [-0.3, -0.25) is 0 Å². The molecule has 0 atom stereocenters. The molecule has 1 aromatic carbocycles. The van der Waals surface area contributed by atoms with Crippen LogP contribution in [0.5, 0.6) is 0 Å². The molecule has 0 amide bonds. The zero-order valence-electron chi connectivity index (χ0n) is 8.06. The van der Waals surface area contributed by atoms with Crippen molar-refractivity contribution in [3.8, 4) is 0 Å². The first kappa shape index (κ1) is 11.1. The molecule has 0 bridgehead atoms. The first-order chi connectivity index (χ1) is 6.93. The summed E-state index contributed by atoms with van der Waals surface area (Å²) in [5.74, 6) is 0. The van der Waals surface area contributed by atoms with Crippen LogP contribution in [-0.2, 0) is 4.79 Å². The van der Waals surface area contributed by atoms with Crippen LogP contribution >= 0.6 is 11.8 Å². The lowest BCUT2D eigenvalue weighted by Gasteiger charge is -1.93. The van der Waals surface area contributed by atoms with Gasteiger partial charge in [0.05, 0.1) is 0 Å². The van der Waals surface area contributed by atoms with Crippen LogP contribution in [0.1, 0.15) is 19.3 Å². The SMILES string of the molecule is O=CCCC/C=C\Sc1ccccc1. The summed E-state index contributed by atoms with van der Waals surface area (Å²) in [6, 6.07) is 10.2. The summed E-state index contributed by atoms with van der Waals surface area (Å²) < 4.78 is 0. The lowest BCUT2D eigenvalue weighted by atomic mass is 10.2. The molecule has 0 aliphatic rings. The second-order valence-corrected chi connectivity index (χ2v) is 3.88. The summed E-state index contributed by atoms with van der Waals surface area (Å²) in [6.45, 7) is 0. The molecular formula is C12H14OS. The minimum atomic E-state index is 0.667. The van der Waals surface area contributed by atoms with Crippen molar-refractivity contribution in [2.75, 3.05) is 0 Å². The Bertz CT molecular complexity index is 280. The summed E-state index contributed by atoms with van der Waals surface area (Å²) in [7, 11) is 0. The fraction of sp³-hybridized carbons (Fsp3) is 0.250. The monoisotopic (exact) mass is 206 g/mol. The molecule has 1 nitrogen and oxygen atoms in total. The zero-order chi connectivity index (χ0) is 10.1. The molecule has 0 aliphatic heterocycles. The predicted octanol–water partition coefficient (Wildman–Crippen LogP) is 3.66. The summed E-state index contributed by atoms with van der Waals surface area (Å²) in [5.41, 5.74) is 0. The molecule has 2 heteroatoms. The maximum absolute atomic E-state index is 10.0. The highest BCUT2D eigenvalue weighted by Gasteiger charge is 1.86. The Labute approximate surface area is 89.2 Å². The highest BCUT2D eigenvalue weighted by atomic mass is 32.2. The maximum Gasteiger partial charge on any atom is 0.120 e. The largest absolute Gasteiger partial charge is 0.303 e. The molecule has 0 N–H and O–H groups in total. The molecule has 74 valence electrons. The second kappa shape index (κ2) is 7.39. The average molecular weight is 206 g/mol. The number of hydrogen-bond donors (Lipinski definition) is 0. The van der Waals surface area contributed by atoms with Crippen molar-refractivity contribution in [3.05, 3.63) is 41.8 Å². The van der Waals surface area contributed by atoms with Gasteiger partial charge in [0, 0.05) is 11.3 Å². The first-order valence-electron chi connectivity index (χ1n) is 4.74. The van der Waals surface area contributed by atoms with Crippen molar-refractivity contribution >= 4 is 18.0 Å². The Hall–Kier alpha value is -1.02. The highest BCUT2D eigenvalue weighted by molar-refractivity contribution is 8.02. The maximum atomic E-state index is 10.0. The second-order valence-electron chi connectivity index (χ2n) is 2.90. The summed E-state index contributed by atoms with van der Waals surface area (Å²) in [5, 5.41) is 2.08. The summed E-state index contributed by atoms with van der Waals surface area (Å²) in [6.07, 6.45) is 5.69. The Kier molecular flexibility index (Phi) is 5.84. The number of thioether (sulfide) groups is 1. The van der Waals surface area contributed by atoms with E-state index in [9.17, 15) is 4.79 Å². The Morgan fingerprint density at radius 3 is 2.64 bits per heavy atom. The van der Waals surface area contributed by atoms with E-state index in [1.807, 2.05) is 18.2 Å². The number of carbonyl (C=O) groups is 1. The fourth-order valence-corrected chi connectivity index (χ4v) is 1.72. The van der Waals surface area contributed by atoms with E-state index in [1.54, 1.807) is 11.8 Å². The first-order valence-corrected chi connectivity index (χ1v) is 5.62. The van der Waals surface area contributed by atoms with Gasteiger partial charge in [-0.05, 0) is 30.4 Å². The van der Waals surface area contributed by atoms with E-state index in [1.165, 1.54) is 4.90 Å². The Balaban J connectivity index is 2.17. The van der Waals surface area contributed by atoms with Gasteiger partial charge in [0.1, 0.15) is 6.29 Å².